The highest BCUT2D eigenvalue weighted by Crippen LogP contribution is 2.26. The Labute approximate surface area is 139 Å². The van der Waals surface area contributed by atoms with E-state index in [4.69, 9.17) is 20.9 Å². The first kappa shape index (κ1) is 16.9. The molecule has 122 valence electrons. The first-order chi connectivity index (χ1) is 10.9. The number of hydrogen-bond donors (Lipinski definition) is 0. The number of halogens is 1. The molecule has 0 atom stereocenters. The number of ether oxygens (including phenoxy) is 1. The van der Waals surface area contributed by atoms with Gasteiger partial charge in [0.25, 0.3) is 0 Å². The number of aromatic nitrogens is 1. The van der Waals surface area contributed by atoms with Crippen LogP contribution in [-0.2, 0) is 9.53 Å². The van der Waals surface area contributed by atoms with Crippen LogP contribution in [0.3, 0.4) is 0 Å². The number of nitrogens with zero attached hydrogens (tertiary/aromatic N) is 3. The van der Waals surface area contributed by atoms with Crippen LogP contribution >= 0.6 is 11.6 Å². The average molecular weight is 336 g/mol. The molecule has 2 rings (SSSR count). The van der Waals surface area contributed by atoms with E-state index in [-0.39, 0.29) is 0 Å². The van der Waals surface area contributed by atoms with E-state index < -0.39 is 5.97 Å². The van der Waals surface area contributed by atoms with Crippen LogP contribution in [0.4, 0.5) is 5.82 Å². The second kappa shape index (κ2) is 7.19. The highest BCUT2D eigenvalue weighted by molar-refractivity contribution is 6.30. The molecule has 0 aliphatic rings. The Balaban J connectivity index is 2.30. The van der Waals surface area contributed by atoms with E-state index >= 15 is 0 Å². The van der Waals surface area contributed by atoms with Gasteiger partial charge in [-0.25, -0.2) is 4.79 Å². The van der Waals surface area contributed by atoms with Crippen LogP contribution in [0.15, 0.2) is 46.8 Å². The van der Waals surface area contributed by atoms with Crippen LogP contribution in [0.25, 0.3) is 11.3 Å². The molecule has 0 aliphatic heterocycles. The Morgan fingerprint density at radius 2 is 1.91 bits per heavy atom. The van der Waals surface area contributed by atoms with Crippen molar-refractivity contribution in [2.45, 2.75) is 0 Å². The van der Waals surface area contributed by atoms with Gasteiger partial charge in [-0.2, -0.15) is 0 Å². The second-order valence-electron chi connectivity index (χ2n) is 5.08. The van der Waals surface area contributed by atoms with Gasteiger partial charge in [-0.05, 0) is 24.3 Å². The maximum Gasteiger partial charge on any atom is 0.356 e. The topological polar surface area (TPSA) is 58.8 Å². The average Bonchev–Trinajstić information content (AvgIpc) is 3.01. The smallest absolute Gasteiger partial charge is 0.356 e. The summed E-state index contributed by atoms with van der Waals surface area (Å²) in [5.74, 6) is 0.614. The zero-order valence-corrected chi connectivity index (χ0v) is 14.2. The molecule has 0 radical (unpaired) electrons. The summed E-state index contributed by atoms with van der Waals surface area (Å²) in [6.45, 7) is 0. The Morgan fingerprint density at radius 1 is 1.26 bits per heavy atom. The molecule has 0 fully saturated rings. The minimum Gasteiger partial charge on any atom is -0.464 e. The normalized spacial score (nSPS) is 11.3. The van der Waals surface area contributed by atoms with E-state index in [0.717, 1.165) is 5.56 Å². The lowest BCUT2D eigenvalue weighted by atomic mass is 10.2. The fourth-order valence-electron chi connectivity index (χ4n) is 1.92. The zero-order chi connectivity index (χ0) is 17.0. The Kier molecular flexibility index (Phi) is 5.28. The summed E-state index contributed by atoms with van der Waals surface area (Å²) in [6, 6.07) is 8.96. The van der Waals surface area contributed by atoms with E-state index in [2.05, 4.69) is 5.16 Å². The van der Waals surface area contributed by atoms with Crippen LogP contribution < -0.4 is 4.90 Å². The Morgan fingerprint density at radius 3 is 2.48 bits per heavy atom. The maximum absolute atomic E-state index is 11.9. The van der Waals surface area contributed by atoms with Crippen molar-refractivity contribution in [2.75, 3.05) is 33.2 Å². The van der Waals surface area contributed by atoms with Gasteiger partial charge in [0, 0.05) is 44.0 Å². The van der Waals surface area contributed by atoms with Crippen molar-refractivity contribution in [1.82, 2.24) is 10.1 Å². The first-order valence-corrected chi connectivity index (χ1v) is 7.23. The summed E-state index contributed by atoms with van der Waals surface area (Å²) >= 11 is 5.88. The molecule has 1 heterocycles. The van der Waals surface area contributed by atoms with Gasteiger partial charge in [0.1, 0.15) is 5.70 Å². The molecular formula is C16H18ClN3O3. The van der Waals surface area contributed by atoms with Gasteiger partial charge in [0.05, 0.1) is 7.11 Å². The molecule has 23 heavy (non-hydrogen) atoms. The zero-order valence-electron chi connectivity index (χ0n) is 13.4. The molecule has 0 saturated heterocycles. The number of anilines is 1. The minimum absolute atomic E-state index is 0.341. The van der Waals surface area contributed by atoms with Crippen molar-refractivity contribution in [2.24, 2.45) is 0 Å². The Hall–Kier alpha value is -2.47. The van der Waals surface area contributed by atoms with Crippen molar-refractivity contribution in [3.63, 3.8) is 0 Å². The number of hydrogen-bond acceptors (Lipinski definition) is 6. The second-order valence-corrected chi connectivity index (χ2v) is 5.52. The summed E-state index contributed by atoms with van der Waals surface area (Å²) in [5, 5.41) is 4.66. The predicted octanol–water partition coefficient (Wildman–Crippen LogP) is 3.01. The highest BCUT2D eigenvalue weighted by Gasteiger charge is 2.20. The van der Waals surface area contributed by atoms with Crippen molar-refractivity contribution < 1.29 is 14.1 Å². The lowest BCUT2D eigenvalue weighted by Gasteiger charge is -2.19. The number of carbonyl (C=O) groups excluding carboxylic acids is 1. The lowest BCUT2D eigenvalue weighted by molar-refractivity contribution is -0.136. The van der Waals surface area contributed by atoms with Crippen molar-refractivity contribution >= 4 is 23.4 Å². The molecule has 0 unspecified atom stereocenters. The number of esters is 1. The fourth-order valence-corrected chi connectivity index (χ4v) is 2.05. The minimum atomic E-state index is -0.461. The number of carbonyl (C=O) groups is 1. The Bertz CT molecular complexity index is 708. The standard InChI is InChI=1S/C16H18ClN3O3/c1-19(2)10-13(16(21)22-4)20(3)15-9-14(23-18-15)11-5-7-12(17)8-6-11/h5-10H,1-4H3. The van der Waals surface area contributed by atoms with Crippen molar-refractivity contribution in [1.29, 1.82) is 0 Å². The summed E-state index contributed by atoms with van der Waals surface area (Å²) in [7, 11) is 6.69. The van der Waals surface area contributed by atoms with Crippen molar-refractivity contribution in [3.05, 3.63) is 47.3 Å². The molecule has 2 aromatic rings. The number of methoxy groups -OCH3 is 1. The molecule has 1 aromatic heterocycles. The van der Waals surface area contributed by atoms with Crippen LogP contribution in [0.2, 0.25) is 5.02 Å². The summed E-state index contributed by atoms with van der Waals surface area (Å²) in [4.78, 5) is 15.3. The molecule has 0 N–H and O–H groups in total. The van der Waals surface area contributed by atoms with E-state index in [1.165, 1.54) is 7.11 Å². The molecule has 0 spiro atoms. The van der Waals surface area contributed by atoms with Crippen LogP contribution in [0.1, 0.15) is 0 Å². The molecule has 1 aromatic carbocycles. The first-order valence-electron chi connectivity index (χ1n) is 6.85. The lowest BCUT2D eigenvalue weighted by Crippen LogP contribution is -2.26. The highest BCUT2D eigenvalue weighted by atomic mass is 35.5. The summed E-state index contributed by atoms with van der Waals surface area (Å²) in [6.07, 6.45) is 1.66. The third kappa shape index (κ3) is 4.04. The quantitative estimate of drug-likeness (QED) is 0.618. The van der Waals surface area contributed by atoms with E-state index in [9.17, 15) is 4.79 Å². The molecule has 0 amide bonds. The molecule has 0 saturated carbocycles. The summed E-state index contributed by atoms with van der Waals surface area (Å²) < 4.78 is 10.2. The SMILES string of the molecule is COC(=O)C(=CN(C)C)N(C)c1cc(-c2ccc(Cl)cc2)on1. The van der Waals surface area contributed by atoms with Crippen LogP contribution in [0, 0.1) is 0 Å². The van der Waals surface area contributed by atoms with Gasteiger partial charge in [0.2, 0.25) is 0 Å². The summed E-state index contributed by atoms with van der Waals surface area (Å²) in [5.41, 5.74) is 1.19. The maximum atomic E-state index is 11.9. The third-order valence-electron chi connectivity index (χ3n) is 3.11. The largest absolute Gasteiger partial charge is 0.464 e. The molecule has 6 nitrogen and oxygen atoms in total. The van der Waals surface area contributed by atoms with Gasteiger partial charge >= 0.3 is 5.97 Å². The van der Waals surface area contributed by atoms with Gasteiger partial charge in [-0.15, -0.1) is 0 Å². The van der Waals surface area contributed by atoms with Gasteiger partial charge < -0.3 is 19.1 Å². The fraction of sp³-hybridized carbons (Fsp3) is 0.250. The van der Waals surface area contributed by atoms with E-state index in [0.29, 0.717) is 22.3 Å². The molecular weight excluding hydrogens is 318 g/mol. The number of rotatable bonds is 5. The number of likely N-dealkylation sites (N-methyl/N-ethyl adjacent to an activating group) is 1. The molecule has 7 heteroatoms. The number of benzene rings is 1. The van der Waals surface area contributed by atoms with E-state index in [1.807, 2.05) is 26.2 Å². The monoisotopic (exact) mass is 335 g/mol. The van der Waals surface area contributed by atoms with Gasteiger partial charge in [0.15, 0.2) is 11.6 Å². The predicted molar refractivity (Wildman–Crippen MR) is 89.1 cm³/mol. The third-order valence-corrected chi connectivity index (χ3v) is 3.36. The van der Waals surface area contributed by atoms with E-state index in [1.54, 1.807) is 41.2 Å². The molecule has 0 aliphatic carbocycles. The molecule has 0 bridgehead atoms. The van der Waals surface area contributed by atoms with Gasteiger partial charge in [-0.1, -0.05) is 16.8 Å². The van der Waals surface area contributed by atoms with Crippen LogP contribution in [0.5, 0.6) is 0 Å². The van der Waals surface area contributed by atoms with Crippen LogP contribution in [-0.4, -0.2) is 44.3 Å². The van der Waals surface area contributed by atoms with Crippen molar-refractivity contribution in [3.8, 4) is 11.3 Å². The van der Waals surface area contributed by atoms with Gasteiger partial charge in [-0.3, -0.25) is 0 Å².